The van der Waals surface area contributed by atoms with Crippen LogP contribution in [0.5, 0.6) is 0 Å². The lowest BCUT2D eigenvalue weighted by Crippen LogP contribution is -2.45. The van der Waals surface area contributed by atoms with Crippen LogP contribution in [0.2, 0.25) is 0 Å². The molecule has 0 heterocycles. The third kappa shape index (κ3) is 6.03. The number of carbonyl (C=O) groups is 2. The van der Waals surface area contributed by atoms with E-state index in [-0.39, 0.29) is 12.3 Å². The van der Waals surface area contributed by atoms with Crippen LogP contribution in [-0.2, 0) is 9.59 Å². The Kier molecular flexibility index (Phi) is 5.88. The van der Waals surface area contributed by atoms with Crippen LogP contribution in [0.15, 0.2) is 0 Å². The Morgan fingerprint density at radius 3 is 2.13 bits per heavy atom. The number of primary amides is 1. The standard InChI is InChI=1S/C9H20N4O2/c1-12(2)4-5-13(3)9(15)7(10)6-8(11)14/h7H,4-6,10H2,1-3H3,(H2,11,14)/t7-/m0/s1. The molecule has 0 radical (unpaired) electrons. The Bertz CT molecular complexity index is 230. The summed E-state index contributed by atoms with van der Waals surface area (Å²) in [5.74, 6) is -0.812. The Labute approximate surface area is 90.2 Å². The number of nitrogens with zero attached hydrogens (tertiary/aromatic N) is 2. The molecule has 0 fully saturated rings. The first-order valence-electron chi connectivity index (χ1n) is 4.78. The number of carbonyl (C=O) groups excluding carboxylic acids is 2. The second-order valence-electron chi connectivity index (χ2n) is 3.84. The van der Waals surface area contributed by atoms with Gasteiger partial charge in [0.05, 0.1) is 12.5 Å². The van der Waals surface area contributed by atoms with Gasteiger partial charge < -0.3 is 21.3 Å². The van der Waals surface area contributed by atoms with Crippen molar-refractivity contribution in [3.8, 4) is 0 Å². The van der Waals surface area contributed by atoms with Crippen molar-refractivity contribution in [3.05, 3.63) is 0 Å². The zero-order valence-corrected chi connectivity index (χ0v) is 9.56. The molecule has 0 aliphatic rings. The topological polar surface area (TPSA) is 92.7 Å². The van der Waals surface area contributed by atoms with Gasteiger partial charge in [-0.1, -0.05) is 0 Å². The van der Waals surface area contributed by atoms with E-state index in [2.05, 4.69) is 0 Å². The lowest BCUT2D eigenvalue weighted by molar-refractivity contribution is -0.133. The van der Waals surface area contributed by atoms with Gasteiger partial charge in [0.15, 0.2) is 0 Å². The van der Waals surface area contributed by atoms with Crippen LogP contribution in [-0.4, -0.2) is 61.9 Å². The molecule has 0 saturated carbocycles. The van der Waals surface area contributed by atoms with Crippen LogP contribution in [0.1, 0.15) is 6.42 Å². The molecule has 0 aromatic rings. The molecule has 0 rings (SSSR count). The number of amides is 2. The van der Waals surface area contributed by atoms with E-state index < -0.39 is 11.9 Å². The second-order valence-corrected chi connectivity index (χ2v) is 3.84. The van der Waals surface area contributed by atoms with Crippen LogP contribution in [0, 0.1) is 0 Å². The smallest absolute Gasteiger partial charge is 0.239 e. The number of nitrogens with two attached hydrogens (primary N) is 2. The predicted molar refractivity (Wildman–Crippen MR) is 58.0 cm³/mol. The largest absolute Gasteiger partial charge is 0.370 e. The lowest BCUT2D eigenvalue weighted by atomic mass is 10.2. The van der Waals surface area contributed by atoms with Crippen LogP contribution in [0.25, 0.3) is 0 Å². The van der Waals surface area contributed by atoms with Gasteiger partial charge in [0.1, 0.15) is 0 Å². The van der Waals surface area contributed by atoms with Gasteiger partial charge in [0.2, 0.25) is 11.8 Å². The maximum Gasteiger partial charge on any atom is 0.239 e. The Hall–Kier alpha value is -1.14. The Balaban J connectivity index is 4.01. The van der Waals surface area contributed by atoms with E-state index in [1.54, 1.807) is 7.05 Å². The SMILES string of the molecule is CN(C)CCN(C)C(=O)[C@@H](N)CC(N)=O. The molecule has 6 nitrogen and oxygen atoms in total. The molecule has 0 spiro atoms. The summed E-state index contributed by atoms with van der Waals surface area (Å²) < 4.78 is 0. The van der Waals surface area contributed by atoms with E-state index >= 15 is 0 Å². The van der Waals surface area contributed by atoms with E-state index in [0.29, 0.717) is 6.54 Å². The monoisotopic (exact) mass is 216 g/mol. The third-order valence-corrected chi connectivity index (χ3v) is 2.00. The third-order valence-electron chi connectivity index (χ3n) is 2.00. The molecular weight excluding hydrogens is 196 g/mol. The van der Waals surface area contributed by atoms with Crippen molar-refractivity contribution < 1.29 is 9.59 Å². The Morgan fingerprint density at radius 1 is 1.20 bits per heavy atom. The molecule has 15 heavy (non-hydrogen) atoms. The van der Waals surface area contributed by atoms with Crippen LogP contribution in [0.4, 0.5) is 0 Å². The fourth-order valence-corrected chi connectivity index (χ4v) is 1.05. The second kappa shape index (κ2) is 6.36. The molecule has 88 valence electrons. The minimum Gasteiger partial charge on any atom is -0.370 e. The number of hydrogen-bond donors (Lipinski definition) is 2. The molecule has 0 saturated heterocycles. The number of likely N-dealkylation sites (N-methyl/N-ethyl adjacent to an activating group) is 2. The summed E-state index contributed by atoms with van der Waals surface area (Å²) in [6, 6.07) is -0.824. The summed E-state index contributed by atoms with van der Waals surface area (Å²) in [5.41, 5.74) is 10.5. The van der Waals surface area contributed by atoms with Crippen LogP contribution in [0.3, 0.4) is 0 Å². The highest BCUT2D eigenvalue weighted by Gasteiger charge is 2.19. The summed E-state index contributed by atoms with van der Waals surface area (Å²) in [5, 5.41) is 0. The first-order chi connectivity index (χ1) is 6.84. The zero-order chi connectivity index (χ0) is 12.0. The zero-order valence-electron chi connectivity index (χ0n) is 9.56. The van der Waals surface area contributed by atoms with Crippen molar-refractivity contribution in [2.24, 2.45) is 11.5 Å². The summed E-state index contributed by atoms with van der Waals surface area (Å²) in [6.07, 6.45) is -0.106. The summed E-state index contributed by atoms with van der Waals surface area (Å²) in [7, 11) is 5.50. The van der Waals surface area contributed by atoms with Gasteiger partial charge in [-0.25, -0.2) is 0 Å². The van der Waals surface area contributed by atoms with E-state index in [1.165, 1.54) is 4.90 Å². The highest BCUT2D eigenvalue weighted by Crippen LogP contribution is 1.94. The van der Waals surface area contributed by atoms with Gasteiger partial charge in [-0.05, 0) is 14.1 Å². The Morgan fingerprint density at radius 2 is 1.73 bits per heavy atom. The van der Waals surface area contributed by atoms with Crippen molar-refractivity contribution >= 4 is 11.8 Å². The molecule has 2 amide bonds. The fraction of sp³-hybridized carbons (Fsp3) is 0.778. The maximum atomic E-state index is 11.6. The molecule has 0 aromatic heterocycles. The summed E-state index contributed by atoms with van der Waals surface area (Å²) in [6.45, 7) is 1.34. The van der Waals surface area contributed by atoms with Crippen molar-refractivity contribution in [1.82, 2.24) is 9.80 Å². The van der Waals surface area contributed by atoms with Crippen molar-refractivity contribution in [2.45, 2.75) is 12.5 Å². The van der Waals surface area contributed by atoms with Gasteiger partial charge in [-0.2, -0.15) is 0 Å². The van der Waals surface area contributed by atoms with Crippen molar-refractivity contribution in [1.29, 1.82) is 0 Å². The predicted octanol–water partition coefficient (Wildman–Crippen LogP) is -1.79. The van der Waals surface area contributed by atoms with Crippen LogP contribution < -0.4 is 11.5 Å². The minimum atomic E-state index is -0.824. The van der Waals surface area contributed by atoms with Crippen LogP contribution >= 0.6 is 0 Å². The fourth-order valence-electron chi connectivity index (χ4n) is 1.05. The molecule has 1 atom stereocenters. The molecular formula is C9H20N4O2. The summed E-state index contributed by atoms with van der Waals surface area (Å²) in [4.78, 5) is 25.6. The quantitative estimate of drug-likeness (QED) is 0.548. The van der Waals surface area contributed by atoms with E-state index in [4.69, 9.17) is 11.5 Å². The van der Waals surface area contributed by atoms with Gasteiger partial charge >= 0.3 is 0 Å². The highest BCUT2D eigenvalue weighted by molar-refractivity contribution is 5.87. The molecule has 0 bridgehead atoms. The highest BCUT2D eigenvalue weighted by atomic mass is 16.2. The van der Waals surface area contributed by atoms with Crippen molar-refractivity contribution in [2.75, 3.05) is 34.2 Å². The molecule has 4 N–H and O–H groups in total. The van der Waals surface area contributed by atoms with Gasteiger partial charge in [0.25, 0.3) is 0 Å². The van der Waals surface area contributed by atoms with E-state index in [0.717, 1.165) is 6.54 Å². The average Bonchev–Trinajstić information content (AvgIpc) is 2.11. The van der Waals surface area contributed by atoms with Gasteiger partial charge in [0, 0.05) is 20.1 Å². The van der Waals surface area contributed by atoms with E-state index in [1.807, 2.05) is 19.0 Å². The molecule has 0 aliphatic heterocycles. The number of rotatable bonds is 6. The summed E-state index contributed by atoms with van der Waals surface area (Å²) >= 11 is 0. The average molecular weight is 216 g/mol. The lowest BCUT2D eigenvalue weighted by Gasteiger charge is -2.22. The maximum absolute atomic E-state index is 11.6. The molecule has 0 aromatic carbocycles. The molecule has 0 unspecified atom stereocenters. The number of hydrogen-bond acceptors (Lipinski definition) is 4. The van der Waals surface area contributed by atoms with E-state index in [9.17, 15) is 9.59 Å². The molecule has 0 aliphatic carbocycles. The minimum absolute atomic E-state index is 0.106. The van der Waals surface area contributed by atoms with Crippen molar-refractivity contribution in [3.63, 3.8) is 0 Å². The first-order valence-corrected chi connectivity index (χ1v) is 4.78. The normalized spacial score (nSPS) is 12.6. The van der Waals surface area contributed by atoms with Gasteiger partial charge in [-0.15, -0.1) is 0 Å². The first kappa shape index (κ1) is 13.9. The van der Waals surface area contributed by atoms with Gasteiger partial charge in [-0.3, -0.25) is 9.59 Å². The molecule has 6 heteroatoms.